The molecule has 0 radical (unpaired) electrons. The van der Waals surface area contributed by atoms with Gasteiger partial charge in [-0.1, -0.05) is 0 Å². The molecule has 1 heterocycles. The number of carbonyl (C=O) groups is 2. The van der Waals surface area contributed by atoms with Gasteiger partial charge in [-0.15, -0.1) is 0 Å². The predicted molar refractivity (Wildman–Crippen MR) is 64.3 cm³/mol. The summed E-state index contributed by atoms with van der Waals surface area (Å²) in [5, 5.41) is 9.25. The molecule has 1 amide bonds. The molecule has 1 saturated heterocycles. The molecule has 0 aromatic carbocycles. The van der Waals surface area contributed by atoms with Gasteiger partial charge in [-0.05, 0) is 27.7 Å². The Morgan fingerprint density at radius 3 is 2.28 bits per heavy atom. The zero-order valence-electron chi connectivity index (χ0n) is 11.5. The summed E-state index contributed by atoms with van der Waals surface area (Å²) in [6.45, 7) is 7.21. The van der Waals surface area contributed by atoms with E-state index in [4.69, 9.17) is 9.47 Å². The molecule has 18 heavy (non-hydrogen) atoms. The Morgan fingerprint density at radius 1 is 1.39 bits per heavy atom. The fourth-order valence-corrected chi connectivity index (χ4v) is 1.97. The molecule has 0 saturated carbocycles. The summed E-state index contributed by atoms with van der Waals surface area (Å²) in [5.74, 6) is -0.972. The molecule has 6 heteroatoms. The summed E-state index contributed by atoms with van der Waals surface area (Å²) in [6, 6.07) is 0. The van der Waals surface area contributed by atoms with Crippen molar-refractivity contribution in [1.82, 2.24) is 4.90 Å². The van der Waals surface area contributed by atoms with Gasteiger partial charge in [0.25, 0.3) is 0 Å². The van der Waals surface area contributed by atoms with E-state index in [-0.39, 0.29) is 13.1 Å². The zero-order chi connectivity index (χ0) is 14.1. The quantitative estimate of drug-likeness (QED) is 0.810. The number of amides is 1. The average molecular weight is 259 g/mol. The van der Waals surface area contributed by atoms with Crippen molar-refractivity contribution in [2.24, 2.45) is 5.41 Å². The van der Waals surface area contributed by atoms with Crippen molar-refractivity contribution >= 4 is 12.1 Å². The number of methoxy groups -OCH3 is 1. The van der Waals surface area contributed by atoms with E-state index in [1.807, 2.05) is 0 Å². The van der Waals surface area contributed by atoms with Crippen LogP contribution in [0.5, 0.6) is 0 Å². The molecule has 1 N–H and O–H groups in total. The number of likely N-dealkylation sites (tertiary alicyclic amines) is 1. The molecule has 0 bridgehead atoms. The van der Waals surface area contributed by atoms with Gasteiger partial charge in [0.2, 0.25) is 0 Å². The van der Waals surface area contributed by atoms with Gasteiger partial charge in [0.05, 0.1) is 12.6 Å². The highest BCUT2D eigenvalue weighted by Gasteiger charge is 2.51. The second kappa shape index (κ2) is 4.76. The van der Waals surface area contributed by atoms with Crippen molar-refractivity contribution in [2.75, 3.05) is 20.2 Å². The van der Waals surface area contributed by atoms with Gasteiger partial charge in [-0.2, -0.15) is 0 Å². The van der Waals surface area contributed by atoms with Crippen LogP contribution in [0.3, 0.4) is 0 Å². The lowest BCUT2D eigenvalue weighted by atomic mass is 9.87. The van der Waals surface area contributed by atoms with Crippen molar-refractivity contribution in [1.29, 1.82) is 0 Å². The van der Waals surface area contributed by atoms with E-state index in [0.29, 0.717) is 0 Å². The van der Waals surface area contributed by atoms with Crippen LogP contribution in [0.2, 0.25) is 0 Å². The van der Waals surface area contributed by atoms with Gasteiger partial charge < -0.3 is 19.5 Å². The van der Waals surface area contributed by atoms with E-state index in [0.717, 1.165) is 0 Å². The molecule has 1 aliphatic heterocycles. The lowest BCUT2D eigenvalue weighted by Crippen LogP contribution is -2.40. The van der Waals surface area contributed by atoms with Crippen molar-refractivity contribution < 1.29 is 24.2 Å². The van der Waals surface area contributed by atoms with Crippen molar-refractivity contribution in [3.63, 3.8) is 0 Å². The lowest BCUT2D eigenvalue weighted by molar-refractivity contribution is -0.152. The highest BCUT2D eigenvalue weighted by atomic mass is 16.6. The Morgan fingerprint density at radius 2 is 1.94 bits per heavy atom. The Balaban J connectivity index is 2.79. The number of hydrogen-bond donors (Lipinski definition) is 1. The monoisotopic (exact) mass is 259 g/mol. The highest BCUT2D eigenvalue weighted by Crippen LogP contribution is 2.33. The van der Waals surface area contributed by atoms with Crippen LogP contribution in [-0.4, -0.2) is 54.0 Å². The van der Waals surface area contributed by atoms with Gasteiger partial charge in [0.15, 0.2) is 0 Å². The Labute approximate surface area is 107 Å². The Kier molecular flexibility index (Phi) is 3.90. The van der Waals surface area contributed by atoms with E-state index in [9.17, 15) is 14.7 Å². The van der Waals surface area contributed by atoms with Crippen LogP contribution in [0.4, 0.5) is 4.79 Å². The van der Waals surface area contributed by atoms with Crippen LogP contribution in [0.1, 0.15) is 27.7 Å². The zero-order valence-corrected chi connectivity index (χ0v) is 11.5. The molecule has 6 nitrogen and oxygen atoms in total. The molecule has 0 spiro atoms. The first-order valence-corrected chi connectivity index (χ1v) is 5.84. The van der Waals surface area contributed by atoms with E-state index in [1.54, 1.807) is 27.7 Å². The summed E-state index contributed by atoms with van der Waals surface area (Å²) in [4.78, 5) is 24.6. The van der Waals surface area contributed by atoms with Crippen molar-refractivity contribution in [3.05, 3.63) is 0 Å². The first-order valence-electron chi connectivity index (χ1n) is 5.84. The van der Waals surface area contributed by atoms with E-state index in [1.165, 1.54) is 12.0 Å². The van der Waals surface area contributed by atoms with Crippen LogP contribution in [0.15, 0.2) is 0 Å². The number of carboxylic acids is 1. The van der Waals surface area contributed by atoms with Gasteiger partial charge in [0.1, 0.15) is 11.0 Å². The second-order valence-corrected chi connectivity index (χ2v) is 5.81. The minimum Gasteiger partial charge on any atom is -0.481 e. The number of rotatable bonds is 2. The molecule has 0 aliphatic carbocycles. The molecular formula is C12H21NO5. The van der Waals surface area contributed by atoms with E-state index in [2.05, 4.69) is 0 Å². The predicted octanol–water partition coefficient (Wildman–Crippen LogP) is 1.34. The number of ether oxygens (including phenoxy) is 2. The van der Waals surface area contributed by atoms with Gasteiger partial charge in [-0.3, -0.25) is 4.79 Å². The van der Waals surface area contributed by atoms with Crippen LogP contribution in [-0.2, 0) is 14.3 Å². The molecule has 1 rings (SSSR count). The van der Waals surface area contributed by atoms with E-state index < -0.39 is 29.2 Å². The Bertz CT molecular complexity index is 349. The van der Waals surface area contributed by atoms with Crippen molar-refractivity contribution in [3.8, 4) is 0 Å². The summed E-state index contributed by atoms with van der Waals surface area (Å²) < 4.78 is 10.4. The highest BCUT2D eigenvalue weighted by molar-refractivity contribution is 5.78. The summed E-state index contributed by atoms with van der Waals surface area (Å²) in [7, 11) is 1.45. The second-order valence-electron chi connectivity index (χ2n) is 5.81. The lowest BCUT2D eigenvalue weighted by Gasteiger charge is -2.25. The molecular weight excluding hydrogens is 238 g/mol. The van der Waals surface area contributed by atoms with Crippen molar-refractivity contribution in [2.45, 2.75) is 39.4 Å². The van der Waals surface area contributed by atoms with Crippen LogP contribution in [0, 0.1) is 5.41 Å². The molecule has 0 unspecified atom stereocenters. The van der Waals surface area contributed by atoms with Crippen LogP contribution < -0.4 is 0 Å². The largest absolute Gasteiger partial charge is 0.481 e. The van der Waals surface area contributed by atoms with Gasteiger partial charge in [0, 0.05) is 13.7 Å². The SMILES string of the molecule is CO[C@@H]1CN(C(=O)OC(C)(C)C)C[C@@]1(C)C(=O)O. The maximum atomic E-state index is 11.9. The first-order chi connectivity index (χ1) is 8.10. The number of aliphatic carboxylic acids is 1. The number of carbonyl (C=O) groups excluding carboxylic acids is 1. The molecule has 0 aromatic rings. The van der Waals surface area contributed by atoms with Gasteiger partial charge >= 0.3 is 12.1 Å². The maximum absolute atomic E-state index is 11.9. The molecule has 1 fully saturated rings. The van der Waals surface area contributed by atoms with Crippen LogP contribution >= 0.6 is 0 Å². The topological polar surface area (TPSA) is 76.1 Å². The minimum absolute atomic E-state index is 0.0930. The smallest absolute Gasteiger partial charge is 0.410 e. The number of nitrogens with zero attached hydrogens (tertiary/aromatic N) is 1. The maximum Gasteiger partial charge on any atom is 0.410 e. The normalized spacial score (nSPS) is 28.3. The molecule has 104 valence electrons. The third-order valence-electron chi connectivity index (χ3n) is 3.04. The minimum atomic E-state index is -1.09. The first kappa shape index (κ1) is 14.8. The third kappa shape index (κ3) is 2.93. The van der Waals surface area contributed by atoms with E-state index >= 15 is 0 Å². The Hall–Kier alpha value is -1.30. The number of carboxylic acid groups (broad SMARTS) is 1. The molecule has 1 aliphatic rings. The number of hydrogen-bond acceptors (Lipinski definition) is 4. The molecule has 0 aromatic heterocycles. The summed E-state index contributed by atoms with van der Waals surface area (Å²) in [5.41, 5.74) is -1.69. The summed E-state index contributed by atoms with van der Waals surface area (Å²) >= 11 is 0. The fourth-order valence-electron chi connectivity index (χ4n) is 1.97. The third-order valence-corrected chi connectivity index (χ3v) is 3.04. The van der Waals surface area contributed by atoms with Gasteiger partial charge in [-0.25, -0.2) is 4.79 Å². The van der Waals surface area contributed by atoms with Crippen LogP contribution in [0.25, 0.3) is 0 Å². The average Bonchev–Trinajstić information content (AvgIpc) is 2.54. The summed E-state index contributed by atoms with van der Waals surface area (Å²) in [6.07, 6.45) is -1.03. The molecule has 2 atom stereocenters. The standard InChI is InChI=1S/C12H21NO5/c1-11(2,3)18-10(16)13-6-8(17-5)12(4,7-13)9(14)15/h8H,6-7H2,1-5H3,(H,14,15)/t8-,12-/m1/s1. The fraction of sp³-hybridized carbons (Fsp3) is 0.833.